The minimum Gasteiger partial charge on any atom is -0.459 e. The van der Waals surface area contributed by atoms with Gasteiger partial charge in [-0.25, -0.2) is 4.98 Å². The molecule has 0 atom stereocenters. The van der Waals surface area contributed by atoms with E-state index in [1.807, 2.05) is 51.1 Å². The van der Waals surface area contributed by atoms with Gasteiger partial charge in [-0.05, 0) is 49.6 Å². The Balaban J connectivity index is 1.52. The van der Waals surface area contributed by atoms with Crippen LogP contribution in [-0.2, 0) is 22.6 Å². The van der Waals surface area contributed by atoms with E-state index < -0.39 is 0 Å². The molecule has 0 spiro atoms. The quantitative estimate of drug-likeness (QED) is 0.502. The van der Waals surface area contributed by atoms with Gasteiger partial charge < -0.3 is 4.74 Å². The normalized spacial score (nSPS) is 11.1. The third kappa shape index (κ3) is 3.74. The maximum absolute atomic E-state index is 12.5. The van der Waals surface area contributed by atoms with E-state index in [-0.39, 0.29) is 24.6 Å². The van der Waals surface area contributed by atoms with Crippen LogP contribution in [0, 0.1) is 20.8 Å². The minimum absolute atomic E-state index is 0.0441. The molecule has 0 aliphatic rings. The fraction of sp³-hybridized carbons (Fsp3) is 0.217. The number of benzene rings is 1. The largest absolute Gasteiger partial charge is 0.459 e. The fourth-order valence-corrected chi connectivity index (χ4v) is 3.51. The molecule has 6 nitrogen and oxygen atoms in total. The van der Waals surface area contributed by atoms with E-state index in [1.165, 1.54) is 10.5 Å². The lowest BCUT2D eigenvalue weighted by atomic mass is 10.00. The fourth-order valence-electron chi connectivity index (χ4n) is 3.51. The van der Waals surface area contributed by atoms with Gasteiger partial charge in [-0.1, -0.05) is 24.3 Å². The van der Waals surface area contributed by atoms with Crippen molar-refractivity contribution in [1.29, 1.82) is 0 Å². The van der Waals surface area contributed by atoms with Crippen molar-refractivity contribution in [2.45, 2.75) is 33.8 Å². The van der Waals surface area contributed by atoms with Crippen LogP contribution in [0.15, 0.2) is 53.5 Å². The molecule has 4 aromatic rings. The molecule has 1 aromatic carbocycles. The summed E-state index contributed by atoms with van der Waals surface area (Å²) in [5, 5.41) is 1.03. The van der Waals surface area contributed by atoms with Crippen LogP contribution in [0.1, 0.15) is 28.1 Å². The van der Waals surface area contributed by atoms with Crippen molar-refractivity contribution in [1.82, 2.24) is 14.4 Å². The number of aromatic nitrogens is 3. The van der Waals surface area contributed by atoms with Crippen molar-refractivity contribution >= 4 is 22.5 Å². The predicted molar refractivity (Wildman–Crippen MR) is 111 cm³/mol. The Morgan fingerprint density at radius 2 is 1.86 bits per heavy atom. The molecule has 3 heterocycles. The number of hydrogen-bond acceptors (Lipinski definition) is 5. The number of hydrogen-bond donors (Lipinski definition) is 0. The lowest BCUT2D eigenvalue weighted by Gasteiger charge is -2.12. The summed E-state index contributed by atoms with van der Waals surface area (Å²) in [7, 11) is 0. The van der Waals surface area contributed by atoms with Crippen molar-refractivity contribution in [3.63, 3.8) is 0 Å². The molecular formula is C23H21N3O3. The molecule has 0 aliphatic carbocycles. The number of rotatable bonds is 4. The maximum Gasteiger partial charge on any atom is 0.310 e. The third-order valence-electron chi connectivity index (χ3n) is 5.05. The number of para-hydroxylation sites is 1. The summed E-state index contributed by atoms with van der Waals surface area (Å²) in [6.45, 7) is 5.76. The Morgan fingerprint density at radius 3 is 2.69 bits per heavy atom. The molecule has 29 heavy (non-hydrogen) atoms. The van der Waals surface area contributed by atoms with E-state index in [4.69, 9.17) is 4.74 Å². The van der Waals surface area contributed by atoms with Gasteiger partial charge in [-0.3, -0.25) is 19.0 Å². The molecule has 0 radical (unpaired) electrons. The number of ether oxygens (including phenoxy) is 1. The van der Waals surface area contributed by atoms with Crippen LogP contribution >= 0.6 is 0 Å². The average molecular weight is 387 g/mol. The summed E-state index contributed by atoms with van der Waals surface area (Å²) in [4.78, 5) is 33.7. The molecule has 0 amide bonds. The molecule has 0 bridgehead atoms. The van der Waals surface area contributed by atoms with E-state index in [1.54, 1.807) is 12.3 Å². The van der Waals surface area contributed by atoms with Crippen molar-refractivity contribution in [2.75, 3.05) is 0 Å². The second-order valence-corrected chi connectivity index (χ2v) is 7.18. The third-order valence-corrected chi connectivity index (χ3v) is 5.05. The van der Waals surface area contributed by atoms with Crippen LogP contribution in [-0.4, -0.2) is 20.3 Å². The topological polar surface area (TPSA) is 73.6 Å². The molecule has 0 saturated heterocycles. The molecule has 0 unspecified atom stereocenters. The first-order chi connectivity index (χ1) is 13.9. The molecule has 3 aromatic heterocycles. The van der Waals surface area contributed by atoms with Crippen LogP contribution in [0.3, 0.4) is 0 Å². The predicted octanol–water partition coefficient (Wildman–Crippen LogP) is 3.45. The molecular weight excluding hydrogens is 366 g/mol. The maximum atomic E-state index is 12.5. The highest BCUT2D eigenvalue weighted by Crippen LogP contribution is 2.23. The number of esters is 1. The van der Waals surface area contributed by atoms with Gasteiger partial charge in [0.2, 0.25) is 0 Å². The molecule has 0 saturated carbocycles. The van der Waals surface area contributed by atoms with Gasteiger partial charge in [0.05, 0.1) is 17.6 Å². The zero-order chi connectivity index (χ0) is 20.5. The van der Waals surface area contributed by atoms with Crippen LogP contribution in [0.5, 0.6) is 0 Å². The standard InChI is InChI=1S/C23H21N3O3/c1-14-8-9-21-25-17(10-22(27)26(21)12-14)13-29-23(28)11-19-15(2)18-6-4-5-7-20(18)24-16(19)3/h4-10,12H,11,13H2,1-3H3. The summed E-state index contributed by atoms with van der Waals surface area (Å²) in [5.74, 6) is -0.376. The SMILES string of the molecule is Cc1ccc2nc(COC(=O)Cc3c(C)nc4ccccc4c3C)cc(=O)n2c1. The van der Waals surface area contributed by atoms with E-state index >= 15 is 0 Å². The molecule has 0 aliphatic heterocycles. The number of nitrogens with zero attached hydrogens (tertiary/aromatic N) is 3. The monoisotopic (exact) mass is 387 g/mol. The molecule has 6 heteroatoms. The van der Waals surface area contributed by atoms with Gasteiger partial charge in [0, 0.05) is 23.3 Å². The van der Waals surface area contributed by atoms with Gasteiger partial charge in [0.15, 0.2) is 0 Å². The zero-order valence-electron chi connectivity index (χ0n) is 16.6. The second-order valence-electron chi connectivity index (χ2n) is 7.18. The van der Waals surface area contributed by atoms with Crippen LogP contribution in [0.4, 0.5) is 0 Å². The Morgan fingerprint density at radius 1 is 1.07 bits per heavy atom. The number of aryl methyl sites for hydroxylation is 3. The summed E-state index contributed by atoms with van der Waals surface area (Å²) >= 11 is 0. The van der Waals surface area contributed by atoms with Gasteiger partial charge in [-0.15, -0.1) is 0 Å². The lowest BCUT2D eigenvalue weighted by Crippen LogP contribution is -2.17. The lowest BCUT2D eigenvalue weighted by molar-refractivity contribution is -0.144. The first-order valence-corrected chi connectivity index (χ1v) is 9.42. The van der Waals surface area contributed by atoms with E-state index in [2.05, 4.69) is 9.97 Å². The number of carbonyl (C=O) groups excluding carboxylic acids is 1. The molecule has 0 fully saturated rings. The average Bonchev–Trinajstić information content (AvgIpc) is 2.70. The van der Waals surface area contributed by atoms with Crippen molar-refractivity contribution in [2.24, 2.45) is 0 Å². The summed E-state index contributed by atoms with van der Waals surface area (Å²) < 4.78 is 6.88. The van der Waals surface area contributed by atoms with Crippen LogP contribution in [0.2, 0.25) is 0 Å². The molecule has 0 N–H and O–H groups in total. The Bertz CT molecular complexity index is 1310. The number of carbonyl (C=O) groups is 1. The van der Waals surface area contributed by atoms with Crippen LogP contribution in [0.25, 0.3) is 16.6 Å². The van der Waals surface area contributed by atoms with E-state index in [9.17, 15) is 9.59 Å². The minimum atomic E-state index is -0.376. The summed E-state index contributed by atoms with van der Waals surface area (Å²) in [5.41, 5.74) is 5.35. The summed E-state index contributed by atoms with van der Waals surface area (Å²) in [6, 6.07) is 12.9. The van der Waals surface area contributed by atoms with Crippen molar-refractivity contribution in [3.05, 3.63) is 87.1 Å². The van der Waals surface area contributed by atoms with Crippen molar-refractivity contribution in [3.8, 4) is 0 Å². The molecule has 146 valence electrons. The first kappa shape index (κ1) is 18.8. The Hall–Kier alpha value is -3.54. The number of pyridine rings is 2. The smallest absolute Gasteiger partial charge is 0.310 e. The zero-order valence-corrected chi connectivity index (χ0v) is 16.6. The van der Waals surface area contributed by atoms with Gasteiger partial charge in [0.25, 0.3) is 5.56 Å². The van der Waals surface area contributed by atoms with E-state index in [0.717, 1.165) is 33.3 Å². The summed E-state index contributed by atoms with van der Waals surface area (Å²) in [6.07, 6.45) is 1.86. The Kier molecular flexibility index (Phi) is 4.84. The van der Waals surface area contributed by atoms with Crippen molar-refractivity contribution < 1.29 is 9.53 Å². The second kappa shape index (κ2) is 7.47. The highest BCUT2D eigenvalue weighted by atomic mass is 16.5. The number of fused-ring (bicyclic) bond motifs is 2. The van der Waals surface area contributed by atoms with Gasteiger partial charge in [0.1, 0.15) is 12.3 Å². The Labute approximate surface area is 167 Å². The molecule has 4 rings (SSSR count). The van der Waals surface area contributed by atoms with Gasteiger partial charge >= 0.3 is 5.97 Å². The van der Waals surface area contributed by atoms with Crippen LogP contribution < -0.4 is 5.56 Å². The highest BCUT2D eigenvalue weighted by Gasteiger charge is 2.14. The van der Waals surface area contributed by atoms with Gasteiger partial charge in [-0.2, -0.15) is 0 Å². The first-order valence-electron chi connectivity index (χ1n) is 9.42. The highest BCUT2D eigenvalue weighted by molar-refractivity contribution is 5.85. The van der Waals surface area contributed by atoms with E-state index in [0.29, 0.717) is 11.3 Å².